The molecule has 0 atom stereocenters. The van der Waals surface area contributed by atoms with Crippen molar-refractivity contribution < 1.29 is 4.79 Å². The Hall–Kier alpha value is -2.36. The van der Waals surface area contributed by atoms with Gasteiger partial charge in [0, 0.05) is 11.9 Å². The lowest BCUT2D eigenvalue weighted by molar-refractivity contribution is -0.115. The van der Waals surface area contributed by atoms with Crippen LogP contribution in [0.1, 0.15) is 11.1 Å². The summed E-state index contributed by atoms with van der Waals surface area (Å²) in [5.74, 6) is -0.0725. The van der Waals surface area contributed by atoms with Crippen molar-refractivity contribution in [1.29, 1.82) is 0 Å². The zero-order chi connectivity index (χ0) is 13.0. The van der Waals surface area contributed by atoms with Gasteiger partial charge in [-0.1, -0.05) is 12.1 Å². The molecule has 0 saturated heterocycles. The molecular formula is C14H15N3O. The largest absolute Gasteiger partial charge is 0.399 e. The zero-order valence-electron chi connectivity index (χ0n) is 10.2. The van der Waals surface area contributed by atoms with Crippen molar-refractivity contribution in [2.45, 2.75) is 13.3 Å². The quantitative estimate of drug-likeness (QED) is 0.809. The summed E-state index contributed by atoms with van der Waals surface area (Å²) >= 11 is 0. The van der Waals surface area contributed by atoms with Gasteiger partial charge in [0.25, 0.3) is 0 Å². The minimum absolute atomic E-state index is 0.0725. The molecule has 0 fully saturated rings. The van der Waals surface area contributed by atoms with Crippen molar-refractivity contribution in [2.24, 2.45) is 0 Å². The fourth-order valence-electron chi connectivity index (χ4n) is 1.68. The second kappa shape index (κ2) is 5.31. The lowest BCUT2D eigenvalue weighted by Crippen LogP contribution is -2.15. The zero-order valence-corrected chi connectivity index (χ0v) is 10.2. The van der Waals surface area contributed by atoms with Gasteiger partial charge < -0.3 is 11.1 Å². The number of carbonyl (C=O) groups is 1. The highest BCUT2D eigenvalue weighted by atomic mass is 16.1. The number of amides is 1. The van der Waals surface area contributed by atoms with E-state index in [1.54, 1.807) is 24.5 Å². The van der Waals surface area contributed by atoms with Crippen LogP contribution in [0.4, 0.5) is 11.4 Å². The summed E-state index contributed by atoms with van der Waals surface area (Å²) in [5, 5.41) is 2.84. The Balaban J connectivity index is 2.03. The number of aromatic nitrogens is 1. The molecule has 1 amide bonds. The van der Waals surface area contributed by atoms with Crippen LogP contribution in [0, 0.1) is 6.92 Å². The van der Waals surface area contributed by atoms with Crippen molar-refractivity contribution in [3.8, 4) is 0 Å². The molecule has 4 heteroatoms. The maximum Gasteiger partial charge on any atom is 0.228 e. The highest BCUT2D eigenvalue weighted by Crippen LogP contribution is 2.13. The summed E-state index contributed by atoms with van der Waals surface area (Å²) < 4.78 is 0. The van der Waals surface area contributed by atoms with Gasteiger partial charge in [0.15, 0.2) is 0 Å². The number of carbonyl (C=O) groups excluding carboxylic acids is 1. The van der Waals surface area contributed by atoms with Gasteiger partial charge in [-0.2, -0.15) is 0 Å². The second-order valence-corrected chi connectivity index (χ2v) is 4.16. The predicted octanol–water partition coefficient (Wildman–Crippen LogP) is 2.15. The number of anilines is 2. The number of rotatable bonds is 3. The molecule has 0 saturated carbocycles. The molecule has 0 aliphatic carbocycles. The first kappa shape index (κ1) is 12.1. The molecule has 1 heterocycles. The third-order valence-electron chi connectivity index (χ3n) is 2.63. The first-order chi connectivity index (χ1) is 8.65. The molecule has 92 valence electrons. The van der Waals surface area contributed by atoms with E-state index in [0.29, 0.717) is 12.1 Å². The lowest BCUT2D eigenvalue weighted by atomic mass is 10.1. The number of nitrogens with two attached hydrogens (primary N) is 1. The molecule has 0 spiro atoms. The van der Waals surface area contributed by atoms with E-state index in [1.807, 2.05) is 25.1 Å². The van der Waals surface area contributed by atoms with Crippen molar-refractivity contribution in [1.82, 2.24) is 4.98 Å². The lowest BCUT2D eigenvalue weighted by Gasteiger charge is -2.07. The maximum absolute atomic E-state index is 11.9. The van der Waals surface area contributed by atoms with Crippen LogP contribution in [0.3, 0.4) is 0 Å². The SMILES string of the molecule is Cc1ccncc1NC(=O)Cc1cccc(N)c1. The molecule has 0 radical (unpaired) electrons. The first-order valence-corrected chi connectivity index (χ1v) is 5.70. The van der Waals surface area contributed by atoms with Crippen molar-refractivity contribution >= 4 is 17.3 Å². The molecule has 2 rings (SSSR count). The van der Waals surface area contributed by atoms with Gasteiger partial charge in [0.05, 0.1) is 18.3 Å². The van der Waals surface area contributed by atoms with Crippen LogP contribution in [0.25, 0.3) is 0 Å². The van der Waals surface area contributed by atoms with Gasteiger partial charge in [-0.05, 0) is 36.2 Å². The monoisotopic (exact) mass is 241 g/mol. The number of aryl methyl sites for hydroxylation is 1. The van der Waals surface area contributed by atoms with Crippen LogP contribution in [-0.4, -0.2) is 10.9 Å². The Morgan fingerprint density at radius 2 is 2.22 bits per heavy atom. The summed E-state index contributed by atoms with van der Waals surface area (Å²) in [7, 11) is 0. The number of nitrogens with one attached hydrogen (secondary N) is 1. The first-order valence-electron chi connectivity index (χ1n) is 5.70. The van der Waals surface area contributed by atoms with E-state index in [4.69, 9.17) is 5.73 Å². The molecule has 4 nitrogen and oxygen atoms in total. The number of nitrogen functional groups attached to an aromatic ring is 1. The Morgan fingerprint density at radius 1 is 1.39 bits per heavy atom. The van der Waals surface area contributed by atoms with E-state index in [-0.39, 0.29) is 5.91 Å². The third kappa shape index (κ3) is 3.07. The molecule has 0 unspecified atom stereocenters. The molecule has 18 heavy (non-hydrogen) atoms. The minimum Gasteiger partial charge on any atom is -0.399 e. The van der Waals surface area contributed by atoms with Gasteiger partial charge in [-0.15, -0.1) is 0 Å². The van der Waals surface area contributed by atoms with E-state index < -0.39 is 0 Å². The van der Waals surface area contributed by atoms with Crippen LogP contribution >= 0.6 is 0 Å². The summed E-state index contributed by atoms with van der Waals surface area (Å²) in [6, 6.07) is 9.18. The van der Waals surface area contributed by atoms with E-state index in [1.165, 1.54) is 0 Å². The molecular weight excluding hydrogens is 226 g/mol. The Kier molecular flexibility index (Phi) is 3.57. The Labute approximate surface area is 106 Å². The average Bonchev–Trinajstić information content (AvgIpc) is 2.32. The van der Waals surface area contributed by atoms with E-state index in [2.05, 4.69) is 10.3 Å². The molecule has 3 N–H and O–H groups in total. The van der Waals surface area contributed by atoms with Crippen molar-refractivity contribution in [2.75, 3.05) is 11.1 Å². The van der Waals surface area contributed by atoms with Crippen molar-refractivity contribution in [3.05, 3.63) is 53.9 Å². The van der Waals surface area contributed by atoms with Gasteiger partial charge in [0.2, 0.25) is 5.91 Å². The highest BCUT2D eigenvalue weighted by Gasteiger charge is 2.06. The number of hydrogen-bond acceptors (Lipinski definition) is 3. The van der Waals surface area contributed by atoms with Gasteiger partial charge >= 0.3 is 0 Å². The highest BCUT2D eigenvalue weighted by molar-refractivity contribution is 5.92. The van der Waals surface area contributed by atoms with Gasteiger partial charge in [-0.25, -0.2) is 0 Å². The van der Waals surface area contributed by atoms with E-state index in [9.17, 15) is 4.79 Å². The van der Waals surface area contributed by atoms with E-state index in [0.717, 1.165) is 16.8 Å². The molecule has 0 aliphatic rings. The summed E-state index contributed by atoms with van der Waals surface area (Å²) in [4.78, 5) is 15.9. The number of nitrogens with zero attached hydrogens (tertiary/aromatic N) is 1. The van der Waals surface area contributed by atoms with Gasteiger partial charge in [0.1, 0.15) is 0 Å². The average molecular weight is 241 g/mol. The minimum atomic E-state index is -0.0725. The molecule has 1 aromatic heterocycles. The van der Waals surface area contributed by atoms with Crippen LogP contribution in [0.15, 0.2) is 42.7 Å². The Bertz CT molecular complexity index is 566. The third-order valence-corrected chi connectivity index (χ3v) is 2.63. The molecule has 1 aromatic carbocycles. The summed E-state index contributed by atoms with van der Waals surface area (Å²) in [6.07, 6.45) is 3.65. The summed E-state index contributed by atoms with van der Waals surface area (Å²) in [6.45, 7) is 1.93. The predicted molar refractivity (Wildman–Crippen MR) is 72.2 cm³/mol. The van der Waals surface area contributed by atoms with Crippen LogP contribution < -0.4 is 11.1 Å². The normalized spacial score (nSPS) is 10.1. The van der Waals surface area contributed by atoms with Crippen LogP contribution in [0.2, 0.25) is 0 Å². The summed E-state index contributed by atoms with van der Waals surface area (Å²) in [5.41, 5.74) is 8.96. The molecule has 2 aromatic rings. The standard InChI is InChI=1S/C14H15N3O/c1-10-5-6-16-9-13(10)17-14(18)8-11-3-2-4-12(15)7-11/h2-7,9H,8,15H2,1H3,(H,17,18). The van der Waals surface area contributed by atoms with Crippen LogP contribution in [0.5, 0.6) is 0 Å². The van der Waals surface area contributed by atoms with Gasteiger partial charge in [-0.3, -0.25) is 9.78 Å². The second-order valence-electron chi connectivity index (χ2n) is 4.16. The fraction of sp³-hybridized carbons (Fsp3) is 0.143. The number of benzene rings is 1. The maximum atomic E-state index is 11.9. The Morgan fingerprint density at radius 3 is 2.94 bits per heavy atom. The van der Waals surface area contributed by atoms with E-state index >= 15 is 0 Å². The van der Waals surface area contributed by atoms with Crippen molar-refractivity contribution in [3.63, 3.8) is 0 Å². The topological polar surface area (TPSA) is 68.0 Å². The molecule has 0 aliphatic heterocycles. The molecule has 0 bridgehead atoms. The smallest absolute Gasteiger partial charge is 0.228 e. The number of pyridine rings is 1. The fourth-order valence-corrected chi connectivity index (χ4v) is 1.68. The van der Waals surface area contributed by atoms with Crippen LogP contribution in [-0.2, 0) is 11.2 Å². The number of hydrogen-bond donors (Lipinski definition) is 2.